The maximum absolute atomic E-state index is 11.5. The highest BCUT2D eigenvalue weighted by molar-refractivity contribution is 14.0. The minimum atomic E-state index is -2.81. The Morgan fingerprint density at radius 2 is 1.85 bits per heavy atom. The molecule has 6 nitrogen and oxygen atoms in total. The molecule has 1 aromatic carbocycles. The van der Waals surface area contributed by atoms with E-state index in [1.807, 2.05) is 17.8 Å². The molecule has 9 heteroatoms. The number of nitrogens with zero attached hydrogens (tertiary/aromatic N) is 2. The maximum atomic E-state index is 11.5. The van der Waals surface area contributed by atoms with Crippen LogP contribution < -0.4 is 10.6 Å². The largest absolute Gasteiger partial charge is 0.355 e. The molecule has 0 amide bonds. The van der Waals surface area contributed by atoms with E-state index < -0.39 is 9.84 Å². The third-order valence-electron chi connectivity index (χ3n) is 4.84. The summed E-state index contributed by atoms with van der Waals surface area (Å²) in [5, 5.41) is 6.79. The van der Waals surface area contributed by atoms with Crippen LogP contribution in [0.4, 0.5) is 0 Å². The maximum Gasteiger partial charge on any atom is 0.191 e. The second-order valence-corrected chi connectivity index (χ2v) is 10.8. The van der Waals surface area contributed by atoms with E-state index in [0.717, 1.165) is 25.6 Å². The van der Waals surface area contributed by atoms with E-state index in [-0.39, 0.29) is 40.2 Å². The SMILES string of the molecule is CN=C(NCCN1CCS(=O)(=O)CC1)NCC1(Sc2ccccc2)CC1.I. The van der Waals surface area contributed by atoms with Gasteiger partial charge in [-0.3, -0.25) is 9.89 Å². The van der Waals surface area contributed by atoms with Gasteiger partial charge in [0, 0.05) is 49.4 Å². The molecule has 1 aromatic rings. The Morgan fingerprint density at radius 3 is 2.44 bits per heavy atom. The van der Waals surface area contributed by atoms with Gasteiger partial charge in [-0.25, -0.2) is 8.42 Å². The molecule has 1 heterocycles. The van der Waals surface area contributed by atoms with Crippen molar-refractivity contribution in [2.75, 3.05) is 51.3 Å². The van der Waals surface area contributed by atoms with Crippen molar-refractivity contribution in [3.63, 3.8) is 0 Å². The highest BCUT2D eigenvalue weighted by Crippen LogP contribution is 2.51. The van der Waals surface area contributed by atoms with Crippen LogP contribution >= 0.6 is 35.7 Å². The number of thioether (sulfide) groups is 1. The second kappa shape index (κ2) is 10.3. The molecule has 1 aliphatic heterocycles. The number of benzene rings is 1. The summed E-state index contributed by atoms with van der Waals surface area (Å²) in [5.74, 6) is 1.37. The lowest BCUT2D eigenvalue weighted by Crippen LogP contribution is -2.46. The van der Waals surface area contributed by atoms with Crippen molar-refractivity contribution in [3.05, 3.63) is 30.3 Å². The van der Waals surface area contributed by atoms with Gasteiger partial charge in [0.25, 0.3) is 0 Å². The highest BCUT2D eigenvalue weighted by atomic mass is 127. The van der Waals surface area contributed by atoms with Crippen LogP contribution in [0.15, 0.2) is 40.2 Å². The fraction of sp³-hybridized carbons (Fsp3) is 0.611. The van der Waals surface area contributed by atoms with E-state index in [0.29, 0.717) is 13.1 Å². The molecule has 0 radical (unpaired) electrons. The van der Waals surface area contributed by atoms with Crippen molar-refractivity contribution in [1.82, 2.24) is 15.5 Å². The minimum absolute atomic E-state index is 0. The van der Waals surface area contributed by atoms with Crippen molar-refractivity contribution in [2.24, 2.45) is 4.99 Å². The summed E-state index contributed by atoms with van der Waals surface area (Å²) in [6, 6.07) is 10.5. The lowest BCUT2D eigenvalue weighted by molar-refractivity contribution is 0.299. The third-order valence-corrected chi connectivity index (χ3v) is 7.95. The van der Waals surface area contributed by atoms with Gasteiger partial charge in [-0.1, -0.05) is 18.2 Å². The van der Waals surface area contributed by atoms with Gasteiger partial charge in [0.15, 0.2) is 15.8 Å². The smallest absolute Gasteiger partial charge is 0.191 e. The van der Waals surface area contributed by atoms with E-state index in [4.69, 9.17) is 0 Å². The number of guanidine groups is 1. The lowest BCUT2D eigenvalue weighted by Gasteiger charge is -2.26. The highest BCUT2D eigenvalue weighted by Gasteiger charge is 2.43. The first-order chi connectivity index (χ1) is 12.5. The zero-order valence-corrected chi connectivity index (χ0v) is 19.6. The standard InChI is InChI=1S/C18H28N4O2S2.HI/c1-19-17(20-9-10-22-11-13-26(23,24)14-12-22)21-15-18(7-8-18)25-16-5-3-2-4-6-16;/h2-6H,7-15H2,1H3,(H2,19,20,21);1H. The van der Waals surface area contributed by atoms with Crippen LogP contribution in [0.5, 0.6) is 0 Å². The number of hydrogen-bond acceptors (Lipinski definition) is 5. The van der Waals surface area contributed by atoms with E-state index in [1.165, 1.54) is 17.7 Å². The fourth-order valence-electron chi connectivity index (χ4n) is 2.96. The third kappa shape index (κ3) is 7.43. The lowest BCUT2D eigenvalue weighted by atomic mass is 10.4. The van der Waals surface area contributed by atoms with Crippen LogP contribution in [0.25, 0.3) is 0 Å². The van der Waals surface area contributed by atoms with Gasteiger partial charge < -0.3 is 10.6 Å². The quantitative estimate of drug-likeness (QED) is 0.322. The van der Waals surface area contributed by atoms with Crippen molar-refractivity contribution in [1.29, 1.82) is 0 Å². The molecule has 2 N–H and O–H groups in total. The Morgan fingerprint density at radius 1 is 1.19 bits per heavy atom. The van der Waals surface area contributed by atoms with E-state index in [9.17, 15) is 8.42 Å². The van der Waals surface area contributed by atoms with E-state index in [2.05, 4.69) is 44.8 Å². The number of sulfone groups is 1. The van der Waals surface area contributed by atoms with Gasteiger partial charge in [-0.05, 0) is 25.0 Å². The summed E-state index contributed by atoms with van der Waals surface area (Å²) in [6.45, 7) is 3.76. The summed E-state index contributed by atoms with van der Waals surface area (Å²) in [6.07, 6.45) is 2.44. The number of nitrogens with one attached hydrogen (secondary N) is 2. The van der Waals surface area contributed by atoms with Gasteiger partial charge in [0.2, 0.25) is 0 Å². The minimum Gasteiger partial charge on any atom is -0.355 e. The summed E-state index contributed by atoms with van der Waals surface area (Å²) < 4.78 is 23.2. The Hall–Kier alpha value is -0.520. The van der Waals surface area contributed by atoms with Crippen LogP contribution in [-0.4, -0.2) is 75.3 Å². The van der Waals surface area contributed by atoms with Crippen LogP contribution in [0.3, 0.4) is 0 Å². The van der Waals surface area contributed by atoms with Gasteiger partial charge in [-0.15, -0.1) is 35.7 Å². The molecule has 0 unspecified atom stereocenters. The van der Waals surface area contributed by atoms with E-state index >= 15 is 0 Å². The van der Waals surface area contributed by atoms with Gasteiger partial charge in [0.05, 0.1) is 11.5 Å². The Kier molecular flexibility index (Phi) is 8.70. The molecule has 0 atom stereocenters. The van der Waals surface area contributed by atoms with Crippen molar-refractivity contribution >= 4 is 51.5 Å². The van der Waals surface area contributed by atoms with Crippen LogP contribution in [0.1, 0.15) is 12.8 Å². The summed E-state index contributed by atoms with van der Waals surface area (Å²) in [5.41, 5.74) is 0. The van der Waals surface area contributed by atoms with Crippen LogP contribution in [0, 0.1) is 0 Å². The van der Waals surface area contributed by atoms with Crippen LogP contribution in [0.2, 0.25) is 0 Å². The topological polar surface area (TPSA) is 73.8 Å². The molecule has 3 rings (SSSR count). The summed E-state index contributed by atoms with van der Waals surface area (Å²) in [7, 11) is -1.02. The van der Waals surface area contributed by atoms with Crippen molar-refractivity contribution < 1.29 is 8.42 Å². The van der Waals surface area contributed by atoms with Gasteiger partial charge in [-0.2, -0.15) is 0 Å². The molecule has 1 saturated heterocycles. The number of hydrogen-bond donors (Lipinski definition) is 2. The van der Waals surface area contributed by atoms with Crippen molar-refractivity contribution in [2.45, 2.75) is 22.5 Å². The number of halogens is 1. The molecular formula is C18H29IN4O2S2. The monoisotopic (exact) mass is 524 g/mol. The Labute approximate surface area is 183 Å². The molecular weight excluding hydrogens is 495 g/mol. The molecule has 2 fully saturated rings. The molecule has 152 valence electrons. The molecule has 0 spiro atoms. The van der Waals surface area contributed by atoms with Crippen molar-refractivity contribution in [3.8, 4) is 0 Å². The first-order valence-corrected chi connectivity index (χ1v) is 11.8. The number of rotatable bonds is 7. The van der Waals surface area contributed by atoms with Crippen LogP contribution in [-0.2, 0) is 9.84 Å². The van der Waals surface area contributed by atoms with Gasteiger partial charge in [0.1, 0.15) is 0 Å². The van der Waals surface area contributed by atoms with E-state index in [1.54, 1.807) is 7.05 Å². The first kappa shape index (κ1) is 22.8. The second-order valence-electron chi connectivity index (χ2n) is 6.94. The molecule has 1 saturated carbocycles. The Balaban J connectivity index is 0.00000261. The zero-order valence-electron chi connectivity index (χ0n) is 15.7. The molecule has 27 heavy (non-hydrogen) atoms. The summed E-state index contributed by atoms with van der Waals surface area (Å²) >= 11 is 1.95. The normalized spacial score (nSPS) is 21.1. The predicted molar refractivity (Wildman–Crippen MR) is 124 cm³/mol. The molecule has 2 aliphatic rings. The molecule has 0 bridgehead atoms. The predicted octanol–water partition coefficient (Wildman–Crippen LogP) is 1.82. The van der Waals surface area contributed by atoms with Gasteiger partial charge >= 0.3 is 0 Å². The Bertz CT molecular complexity index is 710. The zero-order chi connectivity index (χ0) is 18.5. The fourth-order valence-corrected chi connectivity index (χ4v) is 5.49. The average molecular weight is 524 g/mol. The molecule has 0 aromatic heterocycles. The summed E-state index contributed by atoms with van der Waals surface area (Å²) in [4.78, 5) is 7.81. The average Bonchev–Trinajstić information content (AvgIpc) is 3.40. The molecule has 1 aliphatic carbocycles. The first-order valence-electron chi connectivity index (χ1n) is 9.12. The number of aliphatic imine (C=N–C) groups is 1.